The molecule has 0 bridgehead atoms. The lowest BCUT2D eigenvalue weighted by atomic mass is 10.2. The van der Waals surface area contributed by atoms with Crippen LogP contribution < -0.4 is 4.72 Å². The van der Waals surface area contributed by atoms with Crippen LogP contribution in [0, 0.1) is 11.3 Å². The lowest BCUT2D eigenvalue weighted by Crippen LogP contribution is -2.23. The van der Waals surface area contributed by atoms with E-state index >= 15 is 0 Å². The first kappa shape index (κ1) is 12.3. The van der Waals surface area contributed by atoms with E-state index in [1.165, 1.54) is 24.3 Å². The fraction of sp³-hybridized carbons (Fsp3) is 0.0909. The zero-order valence-corrected chi connectivity index (χ0v) is 10.1. The van der Waals surface area contributed by atoms with Gasteiger partial charge in [0, 0.05) is 12.4 Å². The molecular formula is C11H10N4O2S. The Balaban J connectivity index is 2.13. The van der Waals surface area contributed by atoms with Crippen LogP contribution in [0.1, 0.15) is 11.4 Å². The molecule has 2 N–H and O–H groups in total. The van der Waals surface area contributed by atoms with Crippen molar-refractivity contribution in [2.24, 2.45) is 0 Å². The van der Waals surface area contributed by atoms with Crippen LogP contribution in [-0.4, -0.2) is 18.4 Å². The van der Waals surface area contributed by atoms with Gasteiger partial charge in [-0.1, -0.05) is 0 Å². The van der Waals surface area contributed by atoms with Gasteiger partial charge in [0.05, 0.1) is 23.1 Å². The number of hydrogen-bond acceptors (Lipinski definition) is 4. The molecule has 0 aliphatic rings. The molecule has 0 aliphatic heterocycles. The lowest BCUT2D eigenvalue weighted by molar-refractivity contribution is 0.579. The summed E-state index contributed by atoms with van der Waals surface area (Å²) in [6.07, 6.45) is 3.16. The maximum atomic E-state index is 11.9. The van der Waals surface area contributed by atoms with Crippen molar-refractivity contribution in [3.63, 3.8) is 0 Å². The molecule has 1 aromatic heterocycles. The minimum absolute atomic E-state index is 0.0926. The number of benzene rings is 1. The minimum Gasteiger partial charge on any atom is -0.347 e. The fourth-order valence-corrected chi connectivity index (χ4v) is 2.34. The van der Waals surface area contributed by atoms with Gasteiger partial charge in [-0.3, -0.25) is 0 Å². The fourth-order valence-electron chi connectivity index (χ4n) is 1.35. The van der Waals surface area contributed by atoms with Crippen LogP contribution in [0.4, 0.5) is 0 Å². The van der Waals surface area contributed by atoms with Gasteiger partial charge in [-0.15, -0.1) is 0 Å². The first-order valence-electron chi connectivity index (χ1n) is 5.10. The van der Waals surface area contributed by atoms with Crippen LogP contribution in [0.5, 0.6) is 0 Å². The quantitative estimate of drug-likeness (QED) is 0.849. The number of aromatic amines is 1. The number of nitrogens with zero attached hydrogens (tertiary/aromatic N) is 2. The average Bonchev–Trinajstić information content (AvgIpc) is 2.90. The van der Waals surface area contributed by atoms with Crippen molar-refractivity contribution < 1.29 is 8.42 Å². The Morgan fingerprint density at radius 3 is 2.61 bits per heavy atom. The van der Waals surface area contributed by atoms with E-state index in [0.29, 0.717) is 11.4 Å². The van der Waals surface area contributed by atoms with Gasteiger partial charge in [0.2, 0.25) is 10.0 Å². The highest BCUT2D eigenvalue weighted by Gasteiger charge is 2.13. The molecule has 0 saturated carbocycles. The third kappa shape index (κ3) is 2.74. The summed E-state index contributed by atoms with van der Waals surface area (Å²) in [7, 11) is -3.58. The normalized spacial score (nSPS) is 11.1. The van der Waals surface area contributed by atoms with Crippen molar-refractivity contribution in [2.45, 2.75) is 11.4 Å². The SMILES string of the molecule is N#Cc1ccc(S(=O)(=O)NCc2ncc[nH]2)cc1. The summed E-state index contributed by atoms with van der Waals surface area (Å²) in [5, 5.41) is 8.63. The second-order valence-corrected chi connectivity index (χ2v) is 5.26. The van der Waals surface area contributed by atoms with E-state index in [2.05, 4.69) is 14.7 Å². The third-order valence-corrected chi connectivity index (χ3v) is 3.70. The molecule has 0 saturated heterocycles. The molecule has 0 radical (unpaired) electrons. The highest BCUT2D eigenvalue weighted by molar-refractivity contribution is 7.89. The zero-order valence-electron chi connectivity index (χ0n) is 9.29. The number of sulfonamides is 1. The molecule has 0 spiro atoms. The maximum Gasteiger partial charge on any atom is 0.240 e. The molecule has 2 rings (SSSR count). The van der Waals surface area contributed by atoms with Crippen LogP contribution in [0.25, 0.3) is 0 Å². The molecule has 2 aromatic rings. The summed E-state index contributed by atoms with van der Waals surface area (Å²) in [6, 6.07) is 7.63. The summed E-state index contributed by atoms with van der Waals surface area (Å²) in [5.74, 6) is 0.534. The van der Waals surface area contributed by atoms with Crippen LogP contribution in [0.3, 0.4) is 0 Å². The smallest absolute Gasteiger partial charge is 0.240 e. The molecule has 7 heteroatoms. The standard InChI is InChI=1S/C11H10N4O2S/c12-7-9-1-3-10(4-2-9)18(16,17)15-8-11-13-5-6-14-11/h1-6,15H,8H2,(H,13,14). The van der Waals surface area contributed by atoms with Gasteiger partial charge in [0.1, 0.15) is 5.82 Å². The van der Waals surface area contributed by atoms with Gasteiger partial charge >= 0.3 is 0 Å². The molecule has 92 valence electrons. The minimum atomic E-state index is -3.58. The largest absolute Gasteiger partial charge is 0.347 e. The van der Waals surface area contributed by atoms with Crippen molar-refractivity contribution in [1.82, 2.24) is 14.7 Å². The molecule has 18 heavy (non-hydrogen) atoms. The summed E-state index contributed by atoms with van der Waals surface area (Å²) in [4.78, 5) is 6.83. The summed E-state index contributed by atoms with van der Waals surface area (Å²) in [5.41, 5.74) is 0.417. The highest BCUT2D eigenvalue weighted by atomic mass is 32.2. The number of imidazole rings is 1. The van der Waals surface area contributed by atoms with E-state index < -0.39 is 10.0 Å². The Labute approximate surface area is 104 Å². The number of H-pyrrole nitrogens is 1. The van der Waals surface area contributed by atoms with Crippen LogP contribution in [0.15, 0.2) is 41.6 Å². The summed E-state index contributed by atoms with van der Waals surface area (Å²) in [6.45, 7) is 0.0926. The molecule has 0 unspecified atom stereocenters. The predicted molar refractivity (Wildman–Crippen MR) is 63.8 cm³/mol. The Hall–Kier alpha value is -2.17. The maximum absolute atomic E-state index is 11.9. The van der Waals surface area contributed by atoms with Crippen molar-refractivity contribution in [1.29, 1.82) is 5.26 Å². The first-order chi connectivity index (χ1) is 8.62. The Bertz CT molecular complexity index is 654. The van der Waals surface area contributed by atoms with E-state index in [1.807, 2.05) is 6.07 Å². The van der Waals surface area contributed by atoms with Crippen LogP contribution >= 0.6 is 0 Å². The molecule has 0 amide bonds. The molecule has 0 aliphatic carbocycles. The molecule has 1 heterocycles. The Kier molecular flexibility index (Phi) is 3.41. The van der Waals surface area contributed by atoms with Gasteiger partial charge in [-0.25, -0.2) is 18.1 Å². The predicted octanol–water partition coefficient (Wildman–Crippen LogP) is 0.760. The van der Waals surface area contributed by atoms with Crippen molar-refractivity contribution in [3.05, 3.63) is 48.0 Å². The number of hydrogen-bond donors (Lipinski definition) is 2. The topological polar surface area (TPSA) is 98.6 Å². The van der Waals surface area contributed by atoms with Crippen LogP contribution in [0.2, 0.25) is 0 Å². The van der Waals surface area contributed by atoms with E-state index in [9.17, 15) is 8.42 Å². The van der Waals surface area contributed by atoms with E-state index in [0.717, 1.165) is 0 Å². The second kappa shape index (κ2) is 5.00. The first-order valence-corrected chi connectivity index (χ1v) is 6.58. The Morgan fingerprint density at radius 1 is 1.33 bits per heavy atom. The van der Waals surface area contributed by atoms with E-state index in [1.54, 1.807) is 12.4 Å². The average molecular weight is 262 g/mol. The Morgan fingerprint density at radius 2 is 2.06 bits per heavy atom. The molecule has 1 aromatic carbocycles. The third-order valence-electron chi connectivity index (χ3n) is 2.28. The van der Waals surface area contributed by atoms with Crippen LogP contribution in [-0.2, 0) is 16.6 Å². The highest BCUT2D eigenvalue weighted by Crippen LogP contribution is 2.10. The summed E-state index contributed by atoms with van der Waals surface area (Å²) >= 11 is 0. The summed E-state index contributed by atoms with van der Waals surface area (Å²) < 4.78 is 26.2. The van der Waals surface area contributed by atoms with Gasteiger partial charge in [-0.2, -0.15) is 5.26 Å². The zero-order chi connectivity index (χ0) is 13.0. The van der Waals surface area contributed by atoms with E-state index in [4.69, 9.17) is 5.26 Å². The number of nitriles is 1. The van der Waals surface area contributed by atoms with Gasteiger partial charge in [-0.05, 0) is 24.3 Å². The monoisotopic (exact) mass is 262 g/mol. The molecule has 0 fully saturated rings. The van der Waals surface area contributed by atoms with Crippen molar-refractivity contribution in [2.75, 3.05) is 0 Å². The number of nitrogens with one attached hydrogen (secondary N) is 2. The van der Waals surface area contributed by atoms with Gasteiger partial charge < -0.3 is 4.98 Å². The van der Waals surface area contributed by atoms with Crippen molar-refractivity contribution in [3.8, 4) is 6.07 Å². The number of rotatable bonds is 4. The molecule has 0 atom stereocenters. The number of aromatic nitrogens is 2. The van der Waals surface area contributed by atoms with Gasteiger partial charge in [0.15, 0.2) is 0 Å². The second-order valence-electron chi connectivity index (χ2n) is 3.50. The van der Waals surface area contributed by atoms with E-state index in [-0.39, 0.29) is 11.4 Å². The van der Waals surface area contributed by atoms with Gasteiger partial charge in [0.25, 0.3) is 0 Å². The molecule has 6 nitrogen and oxygen atoms in total. The lowest BCUT2D eigenvalue weighted by Gasteiger charge is -2.05. The molecular weight excluding hydrogens is 252 g/mol. The van der Waals surface area contributed by atoms with Crippen molar-refractivity contribution >= 4 is 10.0 Å².